The molecule has 2 fully saturated rings. The van der Waals surface area contributed by atoms with Crippen molar-refractivity contribution >= 4 is 39.2 Å². The highest BCUT2D eigenvalue weighted by Crippen LogP contribution is 2.47. The number of hydrogen-bond acceptors (Lipinski definition) is 10. The Balaban J connectivity index is 1.15. The lowest BCUT2D eigenvalue weighted by atomic mass is 9.68. The van der Waals surface area contributed by atoms with Gasteiger partial charge in [0.15, 0.2) is 0 Å². The molecule has 7 rings (SSSR count). The van der Waals surface area contributed by atoms with Gasteiger partial charge in [-0.1, -0.05) is 43.7 Å². The Hall–Kier alpha value is -3.37. The number of fused-ring (bicyclic) bond motifs is 4. The number of carbonyl (C=O) groups is 2. The molecule has 1 saturated heterocycles. The fraction of sp³-hybridized carbons (Fsp3) is 0.628. The Labute approximate surface area is 349 Å². The van der Waals surface area contributed by atoms with E-state index in [1.807, 2.05) is 31.2 Å². The van der Waals surface area contributed by atoms with Gasteiger partial charge in [0.1, 0.15) is 5.75 Å². The Morgan fingerprint density at radius 1 is 1.15 bits per heavy atom. The van der Waals surface area contributed by atoms with Gasteiger partial charge in [0, 0.05) is 54.1 Å². The monoisotopic (exact) mass is 865 g/mol. The Bertz CT molecular complexity index is 2000. The largest absolute Gasteiger partial charge is 0.490 e. The molecule has 8 atom stereocenters. The molecule has 324 valence electrons. The second-order valence-corrected chi connectivity index (χ2v) is 19.7. The molecule has 59 heavy (non-hydrogen) atoms. The summed E-state index contributed by atoms with van der Waals surface area (Å²) < 4.78 is 91.5. The lowest BCUT2D eigenvalue weighted by molar-refractivity contribution is -0.201. The van der Waals surface area contributed by atoms with E-state index in [4.69, 9.17) is 25.8 Å². The van der Waals surface area contributed by atoms with Crippen LogP contribution in [-0.4, -0.2) is 108 Å². The lowest BCUT2D eigenvalue weighted by Crippen LogP contribution is -2.51. The first kappa shape index (κ1) is 43.7. The fourth-order valence-electron chi connectivity index (χ4n) is 9.49. The average molecular weight is 866 g/mol. The summed E-state index contributed by atoms with van der Waals surface area (Å²) in [5.41, 5.74) is 3.06. The van der Waals surface area contributed by atoms with E-state index >= 15 is 0 Å². The number of aryl methyl sites for hydroxylation is 1. The van der Waals surface area contributed by atoms with Gasteiger partial charge in [0.25, 0.3) is 5.91 Å². The van der Waals surface area contributed by atoms with E-state index < -0.39 is 39.2 Å². The van der Waals surface area contributed by atoms with Crippen molar-refractivity contribution in [2.45, 2.75) is 88.3 Å². The number of morpholine rings is 1. The van der Waals surface area contributed by atoms with Crippen molar-refractivity contribution in [1.29, 1.82) is 0 Å². The topological polar surface area (TPSA) is 124 Å². The zero-order valence-corrected chi connectivity index (χ0v) is 35.4. The van der Waals surface area contributed by atoms with E-state index in [-0.39, 0.29) is 47.5 Å². The molecule has 2 bridgehead atoms. The number of allylic oxidation sites excluding steroid dienone is 1. The van der Waals surface area contributed by atoms with E-state index in [1.165, 1.54) is 11.1 Å². The van der Waals surface area contributed by atoms with Crippen molar-refractivity contribution in [3.05, 3.63) is 70.3 Å². The van der Waals surface area contributed by atoms with Gasteiger partial charge < -0.3 is 23.8 Å². The number of benzene rings is 2. The summed E-state index contributed by atoms with van der Waals surface area (Å²) in [6.45, 7) is 8.67. The summed E-state index contributed by atoms with van der Waals surface area (Å²) in [7, 11) is -4.03. The number of halogens is 4. The predicted molar refractivity (Wildman–Crippen MR) is 217 cm³/mol. The minimum Gasteiger partial charge on any atom is -0.490 e. The summed E-state index contributed by atoms with van der Waals surface area (Å²) in [5, 5.41) is -0.171. The number of carbonyl (C=O) groups excluding carboxylic acids is 2. The lowest BCUT2D eigenvalue weighted by Gasteiger charge is -2.46. The molecule has 2 aliphatic carbocycles. The third kappa shape index (κ3) is 9.74. The van der Waals surface area contributed by atoms with Crippen LogP contribution in [0.4, 0.5) is 18.9 Å². The number of anilines is 1. The molecule has 2 aromatic carbocycles. The zero-order valence-electron chi connectivity index (χ0n) is 33.8. The zero-order chi connectivity index (χ0) is 42.1. The minimum absolute atomic E-state index is 0.143. The summed E-state index contributed by atoms with van der Waals surface area (Å²) in [6.07, 6.45) is 3.83. The minimum atomic E-state index is -5.06. The van der Waals surface area contributed by atoms with Crippen LogP contribution in [0.2, 0.25) is 5.02 Å². The molecule has 5 aliphatic rings. The summed E-state index contributed by atoms with van der Waals surface area (Å²) in [6, 6.07) is 11.0. The van der Waals surface area contributed by atoms with E-state index in [0.717, 1.165) is 37.8 Å². The second kappa shape index (κ2) is 17.9. The molecular weight excluding hydrogens is 811 g/mol. The van der Waals surface area contributed by atoms with Crippen molar-refractivity contribution in [2.75, 3.05) is 64.1 Å². The highest BCUT2D eigenvalue weighted by Gasteiger charge is 2.45. The smallest absolute Gasteiger partial charge is 0.490 e. The van der Waals surface area contributed by atoms with Gasteiger partial charge >= 0.3 is 12.1 Å². The number of rotatable bonds is 7. The number of nitrogens with zero attached hydrogens (tertiary/aromatic N) is 2. The van der Waals surface area contributed by atoms with E-state index in [1.54, 1.807) is 32.0 Å². The van der Waals surface area contributed by atoms with Crippen LogP contribution in [0.15, 0.2) is 48.6 Å². The van der Waals surface area contributed by atoms with Crippen LogP contribution < -0.4 is 14.4 Å². The Kier molecular flexibility index (Phi) is 13.3. The highest BCUT2D eigenvalue weighted by atomic mass is 35.5. The molecule has 11 nitrogen and oxygen atoms in total. The summed E-state index contributed by atoms with van der Waals surface area (Å²) >= 11 is 6.47. The van der Waals surface area contributed by atoms with Crippen LogP contribution in [0, 0.1) is 23.7 Å². The fourth-order valence-corrected chi connectivity index (χ4v) is 11.0. The first-order valence-corrected chi connectivity index (χ1v) is 22.7. The molecular formula is C43H55ClF3N3O8S. The molecule has 1 spiro atoms. The van der Waals surface area contributed by atoms with Gasteiger partial charge in [-0.2, -0.15) is 13.2 Å². The van der Waals surface area contributed by atoms with Gasteiger partial charge in [0.2, 0.25) is 10.0 Å². The van der Waals surface area contributed by atoms with E-state index in [9.17, 15) is 31.2 Å². The average Bonchev–Trinajstić information content (AvgIpc) is 3.33. The maximum absolute atomic E-state index is 13.6. The molecule has 3 aliphatic heterocycles. The van der Waals surface area contributed by atoms with E-state index in [0.29, 0.717) is 69.8 Å². The second-order valence-electron chi connectivity index (χ2n) is 17.2. The summed E-state index contributed by atoms with van der Waals surface area (Å²) in [5.74, 6) is -2.61. The Morgan fingerprint density at radius 2 is 1.97 bits per heavy atom. The molecule has 1 amide bonds. The van der Waals surface area contributed by atoms with Crippen molar-refractivity contribution in [1.82, 2.24) is 9.62 Å². The van der Waals surface area contributed by atoms with Gasteiger partial charge in [-0.15, -0.1) is 0 Å². The molecule has 1 N–H and O–H groups in total. The van der Waals surface area contributed by atoms with Gasteiger partial charge in [-0.3, -0.25) is 9.69 Å². The first-order chi connectivity index (χ1) is 28.0. The molecule has 1 saturated carbocycles. The number of amides is 1. The Morgan fingerprint density at radius 3 is 2.73 bits per heavy atom. The number of sulfonamides is 1. The van der Waals surface area contributed by atoms with Gasteiger partial charge in [-0.25, -0.2) is 17.9 Å². The van der Waals surface area contributed by atoms with Crippen molar-refractivity contribution in [3.63, 3.8) is 0 Å². The standard InChI is InChI=1S/C43H55ClF3N3O8S/c1-27-6-4-8-38(56-19-17-49-16-18-55-24-37(49)28(2)23-57-41(52)43(45,46)47)34-12-9-32(34)22-50-25-42(15-5-7-30-20-33(44)11-13-35(30)42)26-58-39-14-10-31(21-36(39)50)40(51)48-59(53,54)29(27)3/h4,8,10-11,13-14,20-21,27-29,32,34,37-38H,5-7,9,12,15-19,22-26H2,1-3H3,(H,48,51)/b8-4+/t27?,28-,29?,32+,34-,37?,38?,42+/m1/s1. The third-order valence-corrected chi connectivity index (χ3v) is 15.5. The van der Waals surface area contributed by atoms with Gasteiger partial charge in [-0.05, 0) is 105 Å². The van der Waals surface area contributed by atoms with Crippen molar-refractivity contribution in [2.24, 2.45) is 23.7 Å². The number of nitrogens with one attached hydrogen (secondary N) is 1. The molecule has 2 aromatic rings. The van der Waals surface area contributed by atoms with E-state index in [2.05, 4.69) is 25.3 Å². The van der Waals surface area contributed by atoms with Crippen molar-refractivity contribution in [3.8, 4) is 5.75 Å². The number of ether oxygens (including phenoxy) is 4. The highest BCUT2D eigenvalue weighted by molar-refractivity contribution is 7.90. The number of esters is 1. The van der Waals surface area contributed by atoms with Crippen LogP contribution in [0.1, 0.15) is 74.4 Å². The number of hydrogen-bond donors (Lipinski definition) is 1. The first-order valence-electron chi connectivity index (χ1n) is 20.8. The molecule has 4 unspecified atom stereocenters. The van der Waals surface area contributed by atoms with Crippen LogP contribution in [-0.2, 0) is 40.9 Å². The maximum atomic E-state index is 13.6. The quantitative estimate of drug-likeness (QED) is 0.238. The number of alkyl halides is 3. The van der Waals surface area contributed by atoms with Crippen LogP contribution >= 0.6 is 11.6 Å². The molecule has 0 aromatic heterocycles. The van der Waals surface area contributed by atoms with Gasteiger partial charge in [0.05, 0.1) is 50.1 Å². The maximum Gasteiger partial charge on any atom is 0.490 e. The predicted octanol–water partition coefficient (Wildman–Crippen LogP) is 6.71. The SMILES string of the molecule is CC1C/C=C/C(OCCN2CCOCC2[C@H](C)COC(=O)C(F)(F)F)[C@@H]2CC[C@H]2CN2C[C@@]3(CCCc4cc(Cl)ccc43)COc3ccc(cc32)C(=O)NS(=O)(=O)C1C. The molecule has 0 radical (unpaired) electrons. The normalized spacial score (nSPS) is 31.0. The third-order valence-electron chi connectivity index (χ3n) is 13.3. The van der Waals surface area contributed by atoms with Crippen LogP contribution in [0.3, 0.4) is 0 Å². The van der Waals surface area contributed by atoms with Crippen LogP contribution in [0.5, 0.6) is 5.75 Å². The summed E-state index contributed by atoms with van der Waals surface area (Å²) in [4.78, 5) is 29.5. The van der Waals surface area contributed by atoms with Crippen LogP contribution in [0.25, 0.3) is 0 Å². The molecule has 3 heterocycles. The molecule has 16 heteroatoms. The van der Waals surface area contributed by atoms with Crippen molar-refractivity contribution < 1.29 is 50.1 Å².